The second-order valence-electron chi connectivity index (χ2n) is 6.57. The summed E-state index contributed by atoms with van der Waals surface area (Å²) in [6.45, 7) is 11.0. The molecular formula is C17H29NOS. The highest BCUT2D eigenvalue weighted by atomic mass is 32.2. The fourth-order valence-electron chi connectivity index (χ4n) is 2.18. The minimum Gasteiger partial charge on any atom is -0.316 e. The summed E-state index contributed by atoms with van der Waals surface area (Å²) >= 11 is 0. The number of hydrogen-bond acceptors (Lipinski definition) is 2. The predicted octanol–water partition coefficient (Wildman–Crippen LogP) is 3.73. The minimum absolute atomic E-state index is 0.143. The summed E-state index contributed by atoms with van der Waals surface area (Å²) in [6, 6.07) is 8.54. The predicted molar refractivity (Wildman–Crippen MR) is 88.7 cm³/mol. The lowest BCUT2D eigenvalue weighted by atomic mass is 9.87. The molecule has 3 heteroatoms. The quantitative estimate of drug-likeness (QED) is 0.866. The number of rotatable bonds is 6. The van der Waals surface area contributed by atoms with E-state index < -0.39 is 10.8 Å². The molecule has 20 heavy (non-hydrogen) atoms. The van der Waals surface area contributed by atoms with Gasteiger partial charge in [0.2, 0.25) is 0 Å². The van der Waals surface area contributed by atoms with Gasteiger partial charge in [-0.2, -0.15) is 0 Å². The van der Waals surface area contributed by atoms with E-state index in [9.17, 15) is 4.21 Å². The summed E-state index contributed by atoms with van der Waals surface area (Å²) in [7, 11) is 1.02. The summed E-state index contributed by atoms with van der Waals surface area (Å²) in [6.07, 6.45) is 1.10. The molecule has 0 bridgehead atoms. The maximum absolute atomic E-state index is 12.5. The fourth-order valence-corrected chi connectivity index (χ4v) is 3.64. The zero-order chi connectivity index (χ0) is 15.3. The van der Waals surface area contributed by atoms with Gasteiger partial charge in [-0.1, -0.05) is 53.2 Å². The molecule has 0 fully saturated rings. The van der Waals surface area contributed by atoms with Gasteiger partial charge in [0.15, 0.2) is 0 Å². The molecular weight excluding hydrogens is 266 g/mol. The van der Waals surface area contributed by atoms with Crippen LogP contribution in [0.5, 0.6) is 0 Å². The molecule has 1 N–H and O–H groups in total. The van der Waals surface area contributed by atoms with Crippen molar-refractivity contribution in [3.8, 4) is 0 Å². The van der Waals surface area contributed by atoms with Gasteiger partial charge in [0.25, 0.3) is 0 Å². The van der Waals surface area contributed by atoms with Crippen LogP contribution in [0.2, 0.25) is 0 Å². The van der Waals surface area contributed by atoms with Crippen molar-refractivity contribution in [3.63, 3.8) is 0 Å². The molecule has 1 aromatic rings. The Labute approximate surface area is 126 Å². The number of benzene rings is 1. The van der Waals surface area contributed by atoms with E-state index >= 15 is 0 Å². The van der Waals surface area contributed by atoms with E-state index in [1.807, 2.05) is 19.2 Å². The van der Waals surface area contributed by atoms with Crippen molar-refractivity contribution >= 4 is 10.8 Å². The van der Waals surface area contributed by atoms with Gasteiger partial charge in [-0.05, 0) is 36.1 Å². The minimum atomic E-state index is -0.933. The molecule has 0 aliphatic carbocycles. The Morgan fingerprint density at radius 1 is 1.20 bits per heavy atom. The van der Waals surface area contributed by atoms with Crippen molar-refractivity contribution in [1.29, 1.82) is 0 Å². The highest BCUT2D eigenvalue weighted by Gasteiger charge is 2.18. The van der Waals surface area contributed by atoms with Gasteiger partial charge in [0.05, 0.1) is 10.8 Å². The van der Waals surface area contributed by atoms with Crippen LogP contribution in [0.3, 0.4) is 0 Å². The van der Waals surface area contributed by atoms with Gasteiger partial charge in [-0.25, -0.2) is 0 Å². The van der Waals surface area contributed by atoms with Gasteiger partial charge < -0.3 is 5.32 Å². The number of nitrogens with one attached hydrogen (secondary N) is 1. The van der Waals surface area contributed by atoms with Gasteiger partial charge in [0.1, 0.15) is 0 Å². The van der Waals surface area contributed by atoms with Crippen LogP contribution < -0.4 is 5.32 Å². The molecule has 0 saturated carbocycles. The first-order chi connectivity index (χ1) is 9.29. The molecule has 0 aliphatic rings. The van der Waals surface area contributed by atoms with Crippen molar-refractivity contribution in [2.24, 2.45) is 5.92 Å². The Hall–Kier alpha value is -0.670. The van der Waals surface area contributed by atoms with E-state index in [4.69, 9.17) is 0 Å². The lowest BCUT2D eigenvalue weighted by molar-refractivity contribution is 0.418. The summed E-state index contributed by atoms with van der Waals surface area (Å²) in [5, 5.41) is 3.30. The van der Waals surface area contributed by atoms with Gasteiger partial charge >= 0.3 is 0 Å². The van der Waals surface area contributed by atoms with E-state index in [0.717, 1.165) is 11.3 Å². The molecule has 0 heterocycles. The topological polar surface area (TPSA) is 29.1 Å². The first-order valence-electron chi connectivity index (χ1n) is 7.45. The van der Waals surface area contributed by atoms with Crippen molar-refractivity contribution < 1.29 is 4.21 Å². The first kappa shape index (κ1) is 17.4. The third-order valence-corrected chi connectivity index (χ3v) is 5.48. The standard InChI is InChI=1S/C17H29NOS/c1-7-13(2)16(18-6)12-20(19)15-10-8-14(9-11-15)17(3,4)5/h8-11,13,16,18H,7,12H2,1-6H3. The highest BCUT2D eigenvalue weighted by Crippen LogP contribution is 2.23. The van der Waals surface area contributed by atoms with E-state index in [-0.39, 0.29) is 5.41 Å². The van der Waals surface area contributed by atoms with Crippen molar-refractivity contribution in [2.45, 2.75) is 57.4 Å². The Kier molecular flexibility index (Phi) is 6.41. The largest absolute Gasteiger partial charge is 0.316 e. The maximum Gasteiger partial charge on any atom is 0.0545 e. The number of hydrogen-bond donors (Lipinski definition) is 1. The van der Waals surface area contributed by atoms with Crippen LogP contribution in [-0.2, 0) is 16.2 Å². The molecule has 0 saturated heterocycles. The van der Waals surface area contributed by atoms with E-state index in [1.54, 1.807) is 0 Å². The van der Waals surface area contributed by atoms with E-state index in [0.29, 0.717) is 17.7 Å². The second kappa shape index (κ2) is 7.37. The first-order valence-corrected chi connectivity index (χ1v) is 8.77. The highest BCUT2D eigenvalue weighted by molar-refractivity contribution is 7.85. The van der Waals surface area contributed by atoms with Crippen LogP contribution in [0.4, 0.5) is 0 Å². The molecule has 0 aromatic heterocycles. The lowest BCUT2D eigenvalue weighted by Crippen LogP contribution is -2.36. The smallest absolute Gasteiger partial charge is 0.0545 e. The van der Waals surface area contributed by atoms with Gasteiger partial charge in [0, 0.05) is 16.7 Å². The van der Waals surface area contributed by atoms with Crippen LogP contribution >= 0.6 is 0 Å². The second-order valence-corrected chi connectivity index (χ2v) is 8.06. The Morgan fingerprint density at radius 3 is 2.15 bits per heavy atom. The maximum atomic E-state index is 12.5. The van der Waals surface area contributed by atoms with Gasteiger partial charge in [-0.3, -0.25) is 4.21 Å². The molecule has 2 nitrogen and oxygen atoms in total. The molecule has 0 radical (unpaired) electrons. The monoisotopic (exact) mass is 295 g/mol. The molecule has 0 aliphatic heterocycles. The lowest BCUT2D eigenvalue weighted by Gasteiger charge is -2.22. The zero-order valence-corrected chi connectivity index (χ0v) is 14.5. The van der Waals surface area contributed by atoms with Crippen LogP contribution in [0.1, 0.15) is 46.6 Å². The Morgan fingerprint density at radius 2 is 1.75 bits per heavy atom. The average Bonchev–Trinajstić information content (AvgIpc) is 2.42. The zero-order valence-electron chi connectivity index (χ0n) is 13.7. The van der Waals surface area contributed by atoms with Crippen molar-refractivity contribution in [2.75, 3.05) is 12.8 Å². The third kappa shape index (κ3) is 4.71. The fraction of sp³-hybridized carbons (Fsp3) is 0.647. The molecule has 0 spiro atoms. The average molecular weight is 295 g/mol. The summed E-state index contributed by atoms with van der Waals surface area (Å²) < 4.78 is 12.5. The molecule has 114 valence electrons. The molecule has 3 atom stereocenters. The van der Waals surface area contributed by atoms with Crippen LogP contribution in [0.15, 0.2) is 29.2 Å². The third-order valence-electron chi connectivity index (χ3n) is 4.02. The molecule has 0 amide bonds. The summed E-state index contributed by atoms with van der Waals surface area (Å²) in [4.78, 5) is 0.932. The van der Waals surface area contributed by atoms with E-state index in [1.165, 1.54) is 5.56 Å². The van der Waals surface area contributed by atoms with Crippen LogP contribution in [0.25, 0.3) is 0 Å². The molecule has 1 aromatic carbocycles. The normalized spacial score (nSPS) is 16.7. The molecule has 1 rings (SSSR count). The summed E-state index contributed by atoms with van der Waals surface area (Å²) in [5.41, 5.74) is 1.43. The van der Waals surface area contributed by atoms with Crippen molar-refractivity contribution in [3.05, 3.63) is 29.8 Å². The van der Waals surface area contributed by atoms with Crippen LogP contribution in [0, 0.1) is 5.92 Å². The van der Waals surface area contributed by atoms with Crippen molar-refractivity contribution in [1.82, 2.24) is 5.32 Å². The molecule has 3 unspecified atom stereocenters. The van der Waals surface area contributed by atoms with E-state index in [2.05, 4.69) is 52.1 Å². The Bertz CT molecular complexity index is 433. The van der Waals surface area contributed by atoms with Gasteiger partial charge in [-0.15, -0.1) is 0 Å². The summed E-state index contributed by atoms with van der Waals surface area (Å²) in [5.74, 6) is 1.22. The Balaban J connectivity index is 2.78. The SMILES string of the molecule is CCC(C)C(CS(=O)c1ccc(C(C)(C)C)cc1)NC. The van der Waals surface area contributed by atoms with Crippen LogP contribution in [-0.4, -0.2) is 23.1 Å².